The second-order valence-corrected chi connectivity index (χ2v) is 7.78. The number of nitrogens with zero attached hydrogens (tertiary/aromatic N) is 3. The van der Waals surface area contributed by atoms with Gasteiger partial charge in [-0.05, 0) is 46.3 Å². The van der Waals surface area contributed by atoms with E-state index in [4.69, 9.17) is 21.6 Å². The molecule has 1 aliphatic heterocycles. The molecule has 2 aliphatic carbocycles. The first-order chi connectivity index (χ1) is 12.5. The molecule has 26 heavy (non-hydrogen) atoms. The van der Waals surface area contributed by atoms with Crippen LogP contribution in [0.3, 0.4) is 0 Å². The predicted molar refractivity (Wildman–Crippen MR) is 97.4 cm³/mol. The maximum Gasteiger partial charge on any atom is 0.254 e. The molecule has 1 aromatic carbocycles. The summed E-state index contributed by atoms with van der Waals surface area (Å²) >= 11 is 9.40. The van der Waals surface area contributed by atoms with Crippen molar-refractivity contribution >= 4 is 45.6 Å². The maximum absolute atomic E-state index is 12.6. The van der Waals surface area contributed by atoms with Gasteiger partial charge >= 0.3 is 0 Å². The number of rotatable bonds is 4. The molecule has 1 saturated heterocycles. The van der Waals surface area contributed by atoms with Crippen LogP contribution >= 0.6 is 27.5 Å². The Bertz CT molecular complexity index is 878. The van der Waals surface area contributed by atoms with E-state index in [1.54, 1.807) is 12.1 Å². The lowest BCUT2D eigenvalue weighted by atomic mass is 9.85. The van der Waals surface area contributed by atoms with Crippen molar-refractivity contribution in [2.24, 2.45) is 28.8 Å². The van der Waals surface area contributed by atoms with Crippen molar-refractivity contribution in [3.8, 4) is 11.8 Å². The van der Waals surface area contributed by atoms with Crippen molar-refractivity contribution in [3.05, 3.63) is 39.3 Å². The lowest BCUT2D eigenvalue weighted by Crippen LogP contribution is -2.28. The van der Waals surface area contributed by atoms with Crippen molar-refractivity contribution in [1.82, 2.24) is 5.01 Å². The van der Waals surface area contributed by atoms with Gasteiger partial charge in [-0.1, -0.05) is 23.8 Å². The number of hydrogen-bond acceptors (Lipinski definition) is 5. The minimum atomic E-state index is -0.296. The zero-order valence-electron chi connectivity index (χ0n) is 13.4. The SMILES string of the molecule is N#CCOc1c(Br)cc(Cl)cc1C=NN1C(=O)[C@@H]2[C@H](C1=O)[C@H]1C=C[C@H]2C1. The zero-order valence-corrected chi connectivity index (χ0v) is 15.8. The van der Waals surface area contributed by atoms with Crippen LogP contribution in [0, 0.1) is 35.0 Å². The first kappa shape index (κ1) is 17.3. The highest BCUT2D eigenvalue weighted by molar-refractivity contribution is 9.10. The lowest BCUT2D eigenvalue weighted by molar-refractivity contribution is -0.140. The number of hydrogen-bond donors (Lipinski definition) is 0. The van der Waals surface area contributed by atoms with Gasteiger partial charge in [0.25, 0.3) is 11.8 Å². The topological polar surface area (TPSA) is 82.8 Å². The number of ether oxygens (including phenoxy) is 1. The zero-order chi connectivity index (χ0) is 18.4. The van der Waals surface area contributed by atoms with Gasteiger partial charge in [-0.2, -0.15) is 15.4 Å². The lowest BCUT2D eigenvalue weighted by Gasteiger charge is -2.13. The molecule has 6 nitrogen and oxygen atoms in total. The van der Waals surface area contributed by atoms with Gasteiger partial charge < -0.3 is 4.74 Å². The number of amides is 2. The molecule has 4 atom stereocenters. The van der Waals surface area contributed by atoms with E-state index < -0.39 is 0 Å². The van der Waals surface area contributed by atoms with Crippen LogP contribution in [0.4, 0.5) is 0 Å². The number of fused-ring (bicyclic) bond motifs is 5. The summed E-state index contributed by atoms with van der Waals surface area (Å²) in [6, 6.07) is 5.12. The Morgan fingerprint density at radius 1 is 1.31 bits per heavy atom. The molecule has 132 valence electrons. The average molecular weight is 435 g/mol. The van der Waals surface area contributed by atoms with Crippen LogP contribution in [0.5, 0.6) is 5.75 Å². The molecule has 2 amide bonds. The third kappa shape index (κ3) is 2.65. The number of carbonyl (C=O) groups is 2. The summed E-state index contributed by atoms with van der Waals surface area (Å²) < 4.78 is 5.96. The normalized spacial score (nSPS) is 28.9. The molecule has 1 heterocycles. The molecule has 8 heteroatoms. The summed E-state index contributed by atoms with van der Waals surface area (Å²) in [6.07, 6.45) is 6.31. The predicted octanol–water partition coefficient (Wildman–Crippen LogP) is 3.15. The maximum atomic E-state index is 12.6. The number of hydrazone groups is 1. The van der Waals surface area contributed by atoms with Crippen molar-refractivity contribution in [3.63, 3.8) is 0 Å². The van der Waals surface area contributed by atoms with E-state index in [9.17, 15) is 9.59 Å². The molecule has 1 saturated carbocycles. The number of allylic oxidation sites excluding steroid dienone is 2. The van der Waals surface area contributed by atoms with Crippen LogP contribution in [-0.2, 0) is 9.59 Å². The Hall–Kier alpha value is -2.17. The highest BCUT2D eigenvalue weighted by Gasteiger charge is 2.59. The summed E-state index contributed by atoms with van der Waals surface area (Å²) in [4.78, 5) is 25.3. The van der Waals surface area contributed by atoms with Crippen molar-refractivity contribution < 1.29 is 14.3 Å². The van der Waals surface area contributed by atoms with Crippen LogP contribution in [0.2, 0.25) is 5.02 Å². The van der Waals surface area contributed by atoms with Crippen LogP contribution in [0.15, 0.2) is 33.9 Å². The van der Waals surface area contributed by atoms with Crippen LogP contribution in [0.25, 0.3) is 0 Å². The molecule has 0 N–H and O–H groups in total. The van der Waals surface area contributed by atoms with E-state index in [1.807, 2.05) is 18.2 Å². The summed E-state index contributed by atoms with van der Waals surface area (Å²) in [7, 11) is 0. The van der Waals surface area contributed by atoms with Gasteiger partial charge in [0.2, 0.25) is 0 Å². The Morgan fingerprint density at radius 2 is 1.96 bits per heavy atom. The molecule has 0 radical (unpaired) electrons. The summed E-state index contributed by atoms with van der Waals surface area (Å²) in [5, 5.41) is 14.2. The van der Waals surface area contributed by atoms with E-state index in [2.05, 4.69) is 21.0 Å². The number of nitriles is 1. The van der Waals surface area contributed by atoms with Gasteiger partial charge in [-0.15, -0.1) is 0 Å². The van der Waals surface area contributed by atoms with Gasteiger partial charge in [-0.3, -0.25) is 9.59 Å². The summed E-state index contributed by atoms with van der Waals surface area (Å²) in [5.41, 5.74) is 0.471. The first-order valence-corrected chi connectivity index (χ1v) is 9.27. The molecule has 0 aromatic heterocycles. The highest BCUT2D eigenvalue weighted by atomic mass is 79.9. The van der Waals surface area contributed by atoms with E-state index in [-0.39, 0.29) is 42.1 Å². The summed E-state index contributed by atoms with van der Waals surface area (Å²) in [5.74, 6) is -0.457. The van der Waals surface area contributed by atoms with Gasteiger partial charge in [-0.25, -0.2) is 0 Å². The first-order valence-electron chi connectivity index (χ1n) is 8.10. The second-order valence-electron chi connectivity index (χ2n) is 6.49. The molecule has 1 aromatic rings. The second kappa shape index (κ2) is 6.53. The quantitative estimate of drug-likeness (QED) is 0.414. The van der Waals surface area contributed by atoms with Crippen molar-refractivity contribution in [2.45, 2.75) is 6.42 Å². The standard InChI is InChI=1S/C18H13BrClN3O3/c19-13-7-12(20)6-11(16(13)26-4-3-21)8-22-23-17(24)14-9-1-2-10(5-9)15(14)18(23)25/h1-2,6-10,14-15H,4-5H2/t9-,10-,14-,15+/m0/s1. The number of imide groups is 1. The molecule has 0 spiro atoms. The van der Waals surface area contributed by atoms with Gasteiger partial charge in [0.15, 0.2) is 6.61 Å². The van der Waals surface area contributed by atoms with Gasteiger partial charge in [0.1, 0.15) is 11.8 Å². The molecule has 3 aliphatic rings. The third-order valence-corrected chi connectivity index (χ3v) is 5.88. The average Bonchev–Trinajstić information content (AvgIpc) is 3.27. The van der Waals surface area contributed by atoms with E-state index >= 15 is 0 Å². The Balaban J connectivity index is 1.62. The van der Waals surface area contributed by atoms with Crippen molar-refractivity contribution in [2.75, 3.05) is 6.61 Å². The number of carbonyl (C=O) groups excluding carboxylic acids is 2. The number of benzene rings is 1. The summed E-state index contributed by atoms with van der Waals surface area (Å²) in [6.45, 7) is -0.151. The van der Waals surface area contributed by atoms with Crippen LogP contribution in [0.1, 0.15) is 12.0 Å². The van der Waals surface area contributed by atoms with E-state index in [1.165, 1.54) is 6.21 Å². The third-order valence-electron chi connectivity index (χ3n) is 5.08. The Morgan fingerprint density at radius 3 is 2.58 bits per heavy atom. The minimum absolute atomic E-state index is 0.136. The molecule has 0 unspecified atom stereocenters. The van der Waals surface area contributed by atoms with Gasteiger partial charge in [0.05, 0.1) is 22.5 Å². The largest absolute Gasteiger partial charge is 0.477 e. The molecular formula is C18H13BrClN3O3. The van der Waals surface area contributed by atoms with Crippen LogP contribution in [-0.4, -0.2) is 29.6 Å². The highest BCUT2D eigenvalue weighted by Crippen LogP contribution is 2.52. The van der Waals surface area contributed by atoms with E-state index in [0.717, 1.165) is 11.4 Å². The van der Waals surface area contributed by atoms with Gasteiger partial charge in [0, 0.05) is 10.6 Å². The van der Waals surface area contributed by atoms with Crippen LogP contribution < -0.4 is 4.74 Å². The molecule has 4 rings (SSSR count). The fraction of sp³-hybridized carbons (Fsp3) is 0.333. The molecular weight excluding hydrogens is 422 g/mol. The van der Waals surface area contributed by atoms with E-state index in [0.29, 0.717) is 20.8 Å². The smallest absolute Gasteiger partial charge is 0.254 e. The number of halogens is 2. The Labute approximate surface area is 163 Å². The monoisotopic (exact) mass is 433 g/mol. The fourth-order valence-electron chi connectivity index (χ4n) is 4.05. The molecule has 2 bridgehead atoms. The van der Waals surface area contributed by atoms with Crippen molar-refractivity contribution in [1.29, 1.82) is 5.26 Å². The fourth-order valence-corrected chi connectivity index (χ4v) is 5.00. The minimum Gasteiger partial charge on any atom is -0.477 e. The molecule has 2 fully saturated rings. The Kier molecular flexibility index (Phi) is 4.33.